The van der Waals surface area contributed by atoms with E-state index < -0.39 is 0 Å². The Morgan fingerprint density at radius 1 is 0.857 bits per heavy atom. The molecular formula is C25H30ClSiZr-3. The van der Waals surface area contributed by atoms with E-state index in [1.54, 1.807) is 39.7 Å². The topological polar surface area (TPSA) is 0 Å². The van der Waals surface area contributed by atoms with E-state index in [-0.39, 0.29) is 17.8 Å². The van der Waals surface area contributed by atoms with Crippen LogP contribution in [0.3, 0.4) is 0 Å². The third-order valence-electron chi connectivity index (χ3n) is 5.63. The van der Waals surface area contributed by atoms with Crippen LogP contribution in [0.4, 0.5) is 0 Å². The summed E-state index contributed by atoms with van der Waals surface area (Å²) in [6.07, 6.45) is 26.1. The van der Waals surface area contributed by atoms with E-state index >= 15 is 0 Å². The molecule has 2 fully saturated rings. The van der Waals surface area contributed by atoms with Crippen molar-refractivity contribution >= 4 is 10.6 Å². The minimum absolute atomic E-state index is 0. The molecule has 4 aliphatic rings. The zero-order valence-corrected chi connectivity index (χ0v) is 21.0. The van der Waals surface area contributed by atoms with Gasteiger partial charge in [-0.3, -0.25) is 0 Å². The normalized spacial score (nSPS) is 22.9. The zero-order chi connectivity index (χ0) is 18.9. The predicted octanol–water partition coefficient (Wildman–Crippen LogP) is 3.04. The minimum Gasteiger partial charge on any atom is -1.00 e. The Hall–Kier alpha value is -0.690. The van der Waals surface area contributed by atoms with Crippen LogP contribution in [0.5, 0.6) is 0 Å². The van der Waals surface area contributed by atoms with Gasteiger partial charge in [0.1, 0.15) is 0 Å². The Labute approximate surface area is 193 Å². The molecule has 0 heterocycles. The SMILES string of the molecule is C1=CCC2CC[CH-]C2=C1.C1=CCC2CC[CH-]C2=C1.C[Si](=[Zr])c1ccccc1.[Cl-]. The maximum atomic E-state index is 2.37. The molecule has 2 saturated carbocycles. The second-order valence-corrected chi connectivity index (χ2v) is 15.0. The number of halogens is 1. The predicted molar refractivity (Wildman–Crippen MR) is 115 cm³/mol. The van der Waals surface area contributed by atoms with E-state index in [4.69, 9.17) is 0 Å². The van der Waals surface area contributed by atoms with Crippen LogP contribution in [-0.4, -0.2) is 5.43 Å². The van der Waals surface area contributed by atoms with Crippen LogP contribution in [-0.2, 0) is 23.3 Å². The molecule has 0 nitrogen and oxygen atoms in total. The van der Waals surface area contributed by atoms with Gasteiger partial charge >= 0.3 is 70.8 Å². The van der Waals surface area contributed by atoms with Gasteiger partial charge in [0, 0.05) is 0 Å². The van der Waals surface area contributed by atoms with Crippen molar-refractivity contribution in [2.45, 2.75) is 45.1 Å². The number of hydrogen-bond donors (Lipinski definition) is 0. The molecule has 0 bridgehead atoms. The van der Waals surface area contributed by atoms with Gasteiger partial charge in [0.2, 0.25) is 0 Å². The summed E-state index contributed by atoms with van der Waals surface area (Å²) in [6.45, 7) is 2.35. The second kappa shape index (κ2) is 12.8. The molecule has 4 aliphatic carbocycles. The van der Waals surface area contributed by atoms with Crippen molar-refractivity contribution in [3.05, 3.63) is 90.8 Å². The van der Waals surface area contributed by atoms with Crippen molar-refractivity contribution in [1.82, 2.24) is 0 Å². The van der Waals surface area contributed by atoms with E-state index in [9.17, 15) is 0 Å². The van der Waals surface area contributed by atoms with Crippen molar-refractivity contribution < 1.29 is 35.7 Å². The van der Waals surface area contributed by atoms with Crippen LogP contribution >= 0.6 is 0 Å². The first kappa shape index (κ1) is 23.6. The van der Waals surface area contributed by atoms with Gasteiger partial charge < -0.3 is 12.4 Å². The molecule has 28 heavy (non-hydrogen) atoms. The molecular weight excluding hydrogens is 455 g/mol. The molecule has 0 radical (unpaired) electrons. The Kier molecular flexibility index (Phi) is 10.8. The average Bonchev–Trinajstić information content (AvgIpc) is 3.39. The third kappa shape index (κ3) is 7.29. The van der Waals surface area contributed by atoms with Gasteiger partial charge in [0.15, 0.2) is 0 Å². The summed E-state index contributed by atoms with van der Waals surface area (Å²) < 4.78 is 0. The molecule has 0 N–H and O–H groups in total. The van der Waals surface area contributed by atoms with Crippen molar-refractivity contribution in [2.24, 2.45) is 11.8 Å². The number of benzene rings is 1. The van der Waals surface area contributed by atoms with E-state index in [0.717, 1.165) is 11.8 Å². The summed E-state index contributed by atoms with van der Waals surface area (Å²) in [6, 6.07) is 10.8. The maximum absolute atomic E-state index is 2.37. The van der Waals surface area contributed by atoms with Crippen molar-refractivity contribution in [3.63, 3.8) is 0 Å². The van der Waals surface area contributed by atoms with E-state index in [0.29, 0.717) is 0 Å². The van der Waals surface area contributed by atoms with Crippen LogP contribution in [0, 0.1) is 24.7 Å². The van der Waals surface area contributed by atoms with Crippen molar-refractivity contribution in [3.8, 4) is 0 Å². The molecule has 0 amide bonds. The van der Waals surface area contributed by atoms with Crippen LogP contribution < -0.4 is 17.6 Å². The van der Waals surface area contributed by atoms with Crippen LogP contribution in [0.15, 0.2) is 77.9 Å². The van der Waals surface area contributed by atoms with Crippen LogP contribution in [0.1, 0.15) is 38.5 Å². The summed E-state index contributed by atoms with van der Waals surface area (Å²) in [7, 11) is 0. The molecule has 148 valence electrons. The number of allylic oxidation sites excluding steroid dienone is 8. The van der Waals surface area contributed by atoms with Crippen LogP contribution in [0.25, 0.3) is 0 Å². The van der Waals surface area contributed by atoms with Gasteiger partial charge in [-0.25, -0.2) is 36.1 Å². The van der Waals surface area contributed by atoms with Gasteiger partial charge in [0.25, 0.3) is 0 Å². The molecule has 3 heteroatoms. The molecule has 1 aromatic carbocycles. The number of hydrogen-bond acceptors (Lipinski definition) is 0. The zero-order valence-electron chi connectivity index (χ0n) is 16.8. The summed E-state index contributed by atoms with van der Waals surface area (Å²) >= 11 is 1.69. The molecule has 5 rings (SSSR count). The largest absolute Gasteiger partial charge is 1.00 e. The Morgan fingerprint density at radius 3 is 1.75 bits per heavy atom. The smallest absolute Gasteiger partial charge is 1.00 e. The fourth-order valence-corrected chi connectivity index (χ4v) is 5.94. The monoisotopic (exact) mass is 483 g/mol. The summed E-state index contributed by atoms with van der Waals surface area (Å²) in [5, 5.41) is 1.56. The van der Waals surface area contributed by atoms with Crippen LogP contribution in [0.2, 0.25) is 6.55 Å². The maximum Gasteiger partial charge on any atom is -1.00 e. The standard InChI is InChI=1S/2C9H11.C7H8Si.ClH.Zr/c2*1-2-5-9-7-3-6-8(9)4-1;1-8-7-5-3-2-4-6-7;;/h2*1-2,4,6,9H,3,5,7H2;2-6H,1H3;1H;/q2*-1;;;/p-1. The second-order valence-electron chi connectivity index (χ2n) is 7.61. The molecule has 0 saturated heterocycles. The first-order valence-electron chi connectivity index (χ1n) is 10.2. The summed E-state index contributed by atoms with van der Waals surface area (Å²) in [5.74, 6) is 1.77. The fraction of sp³-hybridized carbons (Fsp3) is 0.360. The third-order valence-corrected chi connectivity index (χ3v) is 8.96. The van der Waals surface area contributed by atoms with Crippen molar-refractivity contribution in [1.29, 1.82) is 0 Å². The average molecular weight is 485 g/mol. The summed E-state index contributed by atoms with van der Waals surface area (Å²) in [4.78, 5) is 0. The van der Waals surface area contributed by atoms with E-state index in [1.165, 1.54) is 38.5 Å². The van der Waals surface area contributed by atoms with E-state index in [1.807, 2.05) is 0 Å². The molecule has 0 spiro atoms. The van der Waals surface area contributed by atoms with Crippen molar-refractivity contribution in [2.75, 3.05) is 0 Å². The van der Waals surface area contributed by atoms with Gasteiger partial charge in [-0.05, 0) is 24.7 Å². The van der Waals surface area contributed by atoms with Gasteiger partial charge in [-0.15, -0.1) is 37.1 Å². The Balaban J connectivity index is 0.000000148. The van der Waals surface area contributed by atoms with Gasteiger partial charge in [-0.1, -0.05) is 12.8 Å². The molecule has 2 unspecified atom stereocenters. The Bertz CT molecular complexity index is 705. The molecule has 0 aromatic heterocycles. The van der Waals surface area contributed by atoms with E-state index in [2.05, 4.69) is 86.2 Å². The molecule has 0 aliphatic heterocycles. The minimum atomic E-state index is -0.122. The first-order valence-corrected chi connectivity index (χ1v) is 15.9. The quantitative estimate of drug-likeness (QED) is 0.424. The Morgan fingerprint density at radius 2 is 1.36 bits per heavy atom. The number of rotatable bonds is 1. The fourth-order valence-electron chi connectivity index (χ4n) is 4.02. The van der Waals surface area contributed by atoms with Gasteiger partial charge in [0.05, 0.1) is 0 Å². The summed E-state index contributed by atoms with van der Waals surface area (Å²) in [5.41, 5.74) is 3.04. The molecule has 1 aromatic rings. The first-order chi connectivity index (χ1) is 13.2. The number of fused-ring (bicyclic) bond motifs is 2. The van der Waals surface area contributed by atoms with Gasteiger partial charge in [-0.2, -0.15) is 0 Å². The molecule has 2 atom stereocenters.